The molecular formula is C25H27ClN6O2. The number of aryl methyl sites for hydroxylation is 2. The van der Waals surface area contributed by atoms with E-state index >= 15 is 0 Å². The first kappa shape index (κ1) is 22.4. The molecule has 0 bridgehead atoms. The monoisotopic (exact) mass is 478 g/mol. The molecule has 0 radical (unpaired) electrons. The summed E-state index contributed by atoms with van der Waals surface area (Å²) in [5, 5.41) is 5.91. The third kappa shape index (κ3) is 4.03. The average molecular weight is 479 g/mol. The van der Waals surface area contributed by atoms with Gasteiger partial charge >= 0.3 is 0 Å². The minimum atomic E-state index is -0.0152. The van der Waals surface area contributed by atoms with E-state index in [1.54, 1.807) is 12.4 Å². The number of hydrogen-bond acceptors (Lipinski definition) is 6. The molecule has 8 nitrogen and oxygen atoms in total. The lowest BCUT2D eigenvalue weighted by molar-refractivity contribution is 0.0748. The highest BCUT2D eigenvalue weighted by molar-refractivity contribution is 6.30. The van der Waals surface area contributed by atoms with Crippen molar-refractivity contribution in [3.8, 4) is 11.3 Å². The average Bonchev–Trinajstić information content (AvgIpc) is 3.41. The predicted molar refractivity (Wildman–Crippen MR) is 132 cm³/mol. The van der Waals surface area contributed by atoms with Crippen LogP contribution in [0.3, 0.4) is 0 Å². The molecule has 0 unspecified atom stereocenters. The highest BCUT2D eigenvalue weighted by atomic mass is 35.5. The highest BCUT2D eigenvalue weighted by Gasteiger charge is 2.27. The van der Waals surface area contributed by atoms with Crippen LogP contribution in [0.25, 0.3) is 22.3 Å². The Bertz CT molecular complexity index is 1350. The highest BCUT2D eigenvalue weighted by Crippen LogP contribution is 2.31. The Morgan fingerprint density at radius 2 is 1.85 bits per heavy atom. The molecule has 0 atom stereocenters. The van der Waals surface area contributed by atoms with Crippen LogP contribution in [0.5, 0.6) is 0 Å². The van der Waals surface area contributed by atoms with Gasteiger partial charge < -0.3 is 14.2 Å². The van der Waals surface area contributed by atoms with Crippen molar-refractivity contribution in [2.75, 3.05) is 31.1 Å². The van der Waals surface area contributed by atoms with E-state index < -0.39 is 0 Å². The van der Waals surface area contributed by atoms with Crippen LogP contribution >= 0.6 is 11.6 Å². The van der Waals surface area contributed by atoms with E-state index in [0.29, 0.717) is 42.4 Å². The van der Waals surface area contributed by atoms with Crippen molar-refractivity contribution in [2.45, 2.75) is 33.7 Å². The molecule has 176 valence electrons. The summed E-state index contributed by atoms with van der Waals surface area (Å²) in [5.41, 5.74) is 2.93. The Kier molecular flexibility index (Phi) is 5.77. The summed E-state index contributed by atoms with van der Waals surface area (Å²) in [6.45, 7) is 10.5. The van der Waals surface area contributed by atoms with E-state index in [-0.39, 0.29) is 11.9 Å². The van der Waals surface area contributed by atoms with Gasteiger partial charge in [-0.3, -0.25) is 4.79 Å². The van der Waals surface area contributed by atoms with Crippen molar-refractivity contribution in [3.05, 3.63) is 58.8 Å². The molecular weight excluding hydrogens is 452 g/mol. The van der Waals surface area contributed by atoms with Crippen LogP contribution in [0, 0.1) is 13.8 Å². The number of pyridine rings is 2. The van der Waals surface area contributed by atoms with E-state index in [1.165, 1.54) is 0 Å². The zero-order valence-electron chi connectivity index (χ0n) is 19.7. The second kappa shape index (κ2) is 8.76. The van der Waals surface area contributed by atoms with Gasteiger partial charge in [-0.05, 0) is 52.0 Å². The molecule has 0 N–H and O–H groups in total. The van der Waals surface area contributed by atoms with Crippen LogP contribution in [-0.2, 0) is 0 Å². The summed E-state index contributed by atoms with van der Waals surface area (Å²) in [6, 6.07) is 7.70. The number of furan rings is 1. The smallest absolute Gasteiger partial charge is 0.254 e. The Balaban J connectivity index is 1.48. The number of nitrogens with zero attached hydrogens (tertiary/aromatic N) is 6. The summed E-state index contributed by atoms with van der Waals surface area (Å²) in [4.78, 5) is 27.1. The van der Waals surface area contributed by atoms with E-state index in [9.17, 15) is 4.79 Å². The van der Waals surface area contributed by atoms with Crippen LogP contribution in [0.4, 0.5) is 5.82 Å². The summed E-state index contributed by atoms with van der Waals surface area (Å²) in [6.07, 6.45) is 3.40. The van der Waals surface area contributed by atoms with Crippen molar-refractivity contribution >= 4 is 34.4 Å². The van der Waals surface area contributed by atoms with Gasteiger partial charge in [0.2, 0.25) is 0 Å². The third-order valence-electron chi connectivity index (χ3n) is 6.21. The molecule has 4 aromatic rings. The SMILES string of the molecule is Cc1cc(-c2cc(C(=O)N3CCN(c4ccc(Cl)cn4)CC3)c3cnn(C(C)C)c3n2)c(C)o1. The van der Waals surface area contributed by atoms with Crippen molar-refractivity contribution in [1.82, 2.24) is 24.6 Å². The van der Waals surface area contributed by atoms with Gasteiger partial charge in [-0.1, -0.05) is 11.6 Å². The number of anilines is 1. The molecule has 4 aromatic heterocycles. The second-order valence-corrected chi connectivity index (χ2v) is 9.35. The van der Waals surface area contributed by atoms with Crippen LogP contribution in [-0.4, -0.2) is 56.7 Å². The maximum Gasteiger partial charge on any atom is 0.254 e. The number of halogens is 1. The Hall–Kier alpha value is -3.39. The molecule has 0 saturated carbocycles. The minimum Gasteiger partial charge on any atom is -0.466 e. The number of fused-ring (bicyclic) bond motifs is 1. The number of rotatable bonds is 4. The second-order valence-electron chi connectivity index (χ2n) is 8.92. The van der Waals surface area contributed by atoms with Gasteiger partial charge in [0.25, 0.3) is 5.91 Å². The Morgan fingerprint density at radius 1 is 1.09 bits per heavy atom. The molecule has 9 heteroatoms. The predicted octanol–water partition coefficient (Wildman–Crippen LogP) is 4.90. The molecule has 0 aliphatic carbocycles. The summed E-state index contributed by atoms with van der Waals surface area (Å²) in [7, 11) is 0. The zero-order chi connectivity index (χ0) is 24.0. The number of piperazine rings is 1. The molecule has 0 aromatic carbocycles. The van der Waals surface area contributed by atoms with Gasteiger partial charge in [0.1, 0.15) is 17.3 Å². The first-order valence-electron chi connectivity index (χ1n) is 11.4. The van der Waals surface area contributed by atoms with Gasteiger partial charge in [-0.25, -0.2) is 14.6 Å². The lowest BCUT2D eigenvalue weighted by Crippen LogP contribution is -2.49. The van der Waals surface area contributed by atoms with Gasteiger partial charge in [0.05, 0.1) is 27.9 Å². The van der Waals surface area contributed by atoms with Crippen molar-refractivity contribution in [3.63, 3.8) is 0 Å². The maximum absolute atomic E-state index is 13.7. The quantitative estimate of drug-likeness (QED) is 0.415. The van der Waals surface area contributed by atoms with E-state index in [0.717, 1.165) is 34.0 Å². The van der Waals surface area contributed by atoms with Crippen LogP contribution in [0.2, 0.25) is 5.02 Å². The van der Waals surface area contributed by atoms with Crippen molar-refractivity contribution in [1.29, 1.82) is 0 Å². The summed E-state index contributed by atoms with van der Waals surface area (Å²) >= 11 is 5.97. The number of amides is 1. The van der Waals surface area contributed by atoms with Crippen molar-refractivity contribution in [2.24, 2.45) is 0 Å². The third-order valence-corrected chi connectivity index (χ3v) is 6.43. The van der Waals surface area contributed by atoms with Gasteiger partial charge in [0.15, 0.2) is 5.65 Å². The lowest BCUT2D eigenvalue weighted by Gasteiger charge is -2.35. The van der Waals surface area contributed by atoms with E-state index in [4.69, 9.17) is 21.0 Å². The number of carbonyl (C=O) groups excluding carboxylic acids is 1. The number of aromatic nitrogens is 4. The van der Waals surface area contributed by atoms with Crippen LogP contribution in [0.1, 0.15) is 41.8 Å². The normalized spacial score (nSPS) is 14.4. The van der Waals surface area contributed by atoms with Gasteiger partial charge in [0, 0.05) is 44.0 Å². The molecule has 34 heavy (non-hydrogen) atoms. The first-order chi connectivity index (χ1) is 16.3. The fourth-order valence-corrected chi connectivity index (χ4v) is 4.57. The molecule has 5 rings (SSSR count). The molecule has 0 spiro atoms. The van der Waals surface area contributed by atoms with Gasteiger partial charge in [-0.15, -0.1) is 0 Å². The summed E-state index contributed by atoms with van der Waals surface area (Å²) < 4.78 is 7.60. The number of carbonyl (C=O) groups is 1. The minimum absolute atomic E-state index is 0.0152. The lowest BCUT2D eigenvalue weighted by atomic mass is 10.1. The standard InChI is InChI=1S/C25H27ClN6O2/c1-15(2)32-24-21(14-28-32)20(12-22(29-24)19-11-16(3)34-17(19)4)25(33)31-9-7-30(8-10-31)23-6-5-18(26)13-27-23/h5-6,11-15H,7-10H2,1-4H3. The molecule has 1 aliphatic rings. The largest absolute Gasteiger partial charge is 0.466 e. The molecule has 1 aliphatic heterocycles. The summed E-state index contributed by atoms with van der Waals surface area (Å²) in [5.74, 6) is 2.45. The van der Waals surface area contributed by atoms with Crippen LogP contribution in [0.15, 0.2) is 41.1 Å². The molecule has 1 amide bonds. The van der Waals surface area contributed by atoms with Crippen LogP contribution < -0.4 is 4.90 Å². The molecule has 1 saturated heterocycles. The fourth-order valence-electron chi connectivity index (χ4n) is 4.46. The Labute approximate surface area is 203 Å². The fraction of sp³-hybridized carbons (Fsp3) is 0.360. The van der Waals surface area contributed by atoms with Crippen molar-refractivity contribution < 1.29 is 9.21 Å². The van der Waals surface area contributed by atoms with E-state index in [2.05, 4.69) is 28.8 Å². The van der Waals surface area contributed by atoms with E-state index in [1.807, 2.05) is 47.7 Å². The maximum atomic E-state index is 13.7. The topological polar surface area (TPSA) is 80.3 Å². The Morgan fingerprint density at radius 3 is 2.47 bits per heavy atom. The zero-order valence-corrected chi connectivity index (χ0v) is 20.5. The first-order valence-corrected chi connectivity index (χ1v) is 11.8. The molecule has 5 heterocycles. The number of hydrogen-bond donors (Lipinski definition) is 0. The molecule has 1 fully saturated rings. The van der Waals surface area contributed by atoms with Gasteiger partial charge in [-0.2, -0.15) is 5.10 Å².